The van der Waals surface area contributed by atoms with Gasteiger partial charge in [0.15, 0.2) is 0 Å². The summed E-state index contributed by atoms with van der Waals surface area (Å²) >= 11 is 0. The summed E-state index contributed by atoms with van der Waals surface area (Å²) in [5.74, 6) is 0.653. The van der Waals surface area contributed by atoms with E-state index in [0.29, 0.717) is 12.0 Å². The summed E-state index contributed by atoms with van der Waals surface area (Å²) in [6, 6.07) is 0. The van der Waals surface area contributed by atoms with Crippen molar-refractivity contribution in [2.24, 2.45) is 11.7 Å². The van der Waals surface area contributed by atoms with Gasteiger partial charge in [0.25, 0.3) is 0 Å². The molecule has 0 radical (unpaired) electrons. The Balaban J connectivity index is 2.16. The summed E-state index contributed by atoms with van der Waals surface area (Å²) in [5, 5.41) is 0. The van der Waals surface area contributed by atoms with Crippen molar-refractivity contribution < 1.29 is 4.74 Å². The Bertz CT molecular complexity index is 60.9. The lowest BCUT2D eigenvalue weighted by molar-refractivity contribution is -0.0118. The van der Waals surface area contributed by atoms with Crippen LogP contribution in [-0.2, 0) is 4.74 Å². The molecule has 2 nitrogen and oxygen atoms in total. The second-order valence-corrected chi connectivity index (χ2v) is 2.35. The minimum Gasteiger partial charge on any atom is -0.381 e. The fraction of sp³-hybridized carbons (Fsp3) is 1.00. The number of hydrogen-bond donors (Lipinski definition) is 1. The highest BCUT2D eigenvalue weighted by Gasteiger charge is 2.28. The molecule has 0 heterocycles. The van der Waals surface area contributed by atoms with Crippen LogP contribution in [0, 0.1) is 5.92 Å². The summed E-state index contributed by atoms with van der Waals surface area (Å²) < 4.78 is 5.11. The van der Waals surface area contributed by atoms with Crippen LogP contribution >= 0.6 is 0 Å². The topological polar surface area (TPSA) is 35.2 Å². The highest BCUT2D eigenvalue weighted by Crippen LogP contribution is 2.28. The van der Waals surface area contributed by atoms with Crippen molar-refractivity contribution in [2.45, 2.75) is 18.9 Å². The molecule has 0 amide bonds. The van der Waals surface area contributed by atoms with Gasteiger partial charge in [0.05, 0.1) is 6.10 Å². The monoisotopic (exact) mass is 115 g/mol. The molecule has 0 unspecified atom stereocenters. The molecule has 2 N–H and O–H groups in total. The molecule has 0 saturated heterocycles. The van der Waals surface area contributed by atoms with Crippen LogP contribution in [0.15, 0.2) is 0 Å². The number of ether oxygens (including phenoxy) is 1. The predicted molar refractivity (Wildman–Crippen MR) is 32.6 cm³/mol. The van der Waals surface area contributed by atoms with Crippen LogP contribution in [0.3, 0.4) is 0 Å². The molecule has 1 aliphatic carbocycles. The van der Waals surface area contributed by atoms with Crippen LogP contribution in [0.5, 0.6) is 0 Å². The number of nitrogens with two attached hydrogens (primary N) is 1. The molecule has 0 aromatic rings. The highest BCUT2D eigenvalue weighted by molar-refractivity contribution is 4.81. The van der Waals surface area contributed by atoms with Crippen molar-refractivity contribution in [2.75, 3.05) is 13.7 Å². The largest absolute Gasteiger partial charge is 0.381 e. The summed E-state index contributed by atoms with van der Waals surface area (Å²) in [6.07, 6.45) is 2.94. The van der Waals surface area contributed by atoms with E-state index in [1.165, 1.54) is 12.8 Å². The van der Waals surface area contributed by atoms with Crippen LogP contribution in [0.25, 0.3) is 0 Å². The van der Waals surface area contributed by atoms with Crippen molar-refractivity contribution >= 4 is 0 Å². The third-order valence-electron chi connectivity index (χ3n) is 1.95. The van der Waals surface area contributed by atoms with E-state index in [2.05, 4.69) is 0 Å². The van der Waals surface area contributed by atoms with Gasteiger partial charge < -0.3 is 10.5 Å². The van der Waals surface area contributed by atoms with Gasteiger partial charge in [-0.05, 0) is 25.3 Å². The molecule has 2 heteroatoms. The van der Waals surface area contributed by atoms with Gasteiger partial charge in [-0.25, -0.2) is 0 Å². The smallest absolute Gasteiger partial charge is 0.0611 e. The van der Waals surface area contributed by atoms with E-state index in [-0.39, 0.29) is 0 Å². The maximum absolute atomic E-state index is 5.42. The van der Waals surface area contributed by atoms with E-state index in [1.807, 2.05) is 0 Å². The average Bonchev–Trinajstić information content (AvgIpc) is 1.66. The third kappa shape index (κ3) is 0.858. The van der Waals surface area contributed by atoms with Crippen LogP contribution in [-0.4, -0.2) is 19.8 Å². The van der Waals surface area contributed by atoms with Gasteiger partial charge in [-0.2, -0.15) is 0 Å². The fourth-order valence-electron chi connectivity index (χ4n) is 1.12. The molecule has 2 atom stereocenters. The summed E-state index contributed by atoms with van der Waals surface area (Å²) in [6.45, 7) is 0.790. The van der Waals surface area contributed by atoms with Crippen molar-refractivity contribution in [3.8, 4) is 0 Å². The standard InChI is InChI=1S/C6H13NO/c1-8-6-3-2-5(6)4-7/h5-6H,2-4,7H2,1H3/t5-,6+/m1/s1. The second-order valence-electron chi connectivity index (χ2n) is 2.35. The molecule has 8 heavy (non-hydrogen) atoms. The summed E-state index contributed by atoms with van der Waals surface area (Å²) in [5.41, 5.74) is 5.42. The summed E-state index contributed by atoms with van der Waals surface area (Å²) in [4.78, 5) is 0. The van der Waals surface area contributed by atoms with E-state index in [9.17, 15) is 0 Å². The van der Waals surface area contributed by atoms with Crippen LogP contribution < -0.4 is 5.73 Å². The first-order valence-corrected chi connectivity index (χ1v) is 3.11. The van der Waals surface area contributed by atoms with E-state index >= 15 is 0 Å². The van der Waals surface area contributed by atoms with Gasteiger partial charge >= 0.3 is 0 Å². The summed E-state index contributed by atoms with van der Waals surface area (Å²) in [7, 11) is 1.76. The molecular weight excluding hydrogens is 102 g/mol. The van der Waals surface area contributed by atoms with Gasteiger partial charge in [-0.3, -0.25) is 0 Å². The maximum atomic E-state index is 5.42. The van der Waals surface area contributed by atoms with Crippen LogP contribution in [0.2, 0.25) is 0 Å². The maximum Gasteiger partial charge on any atom is 0.0611 e. The Morgan fingerprint density at radius 3 is 2.50 bits per heavy atom. The zero-order chi connectivity index (χ0) is 5.98. The Labute approximate surface area is 50.0 Å². The zero-order valence-corrected chi connectivity index (χ0v) is 5.26. The van der Waals surface area contributed by atoms with Gasteiger partial charge in [0.2, 0.25) is 0 Å². The predicted octanol–water partition coefficient (Wildman–Crippen LogP) is 0.370. The molecule has 0 aliphatic heterocycles. The first-order chi connectivity index (χ1) is 3.88. The zero-order valence-electron chi connectivity index (χ0n) is 5.26. The molecule has 48 valence electrons. The first kappa shape index (κ1) is 6.05. The number of hydrogen-bond acceptors (Lipinski definition) is 2. The normalized spacial score (nSPS) is 36.8. The van der Waals surface area contributed by atoms with E-state index in [1.54, 1.807) is 7.11 Å². The first-order valence-electron chi connectivity index (χ1n) is 3.11. The SMILES string of the molecule is CO[C@H]1CC[C@@H]1CN. The molecule has 1 aliphatic rings. The quantitative estimate of drug-likeness (QED) is 0.564. The molecule has 0 aromatic carbocycles. The molecule has 0 spiro atoms. The van der Waals surface area contributed by atoms with E-state index in [4.69, 9.17) is 10.5 Å². The average molecular weight is 115 g/mol. The van der Waals surface area contributed by atoms with E-state index in [0.717, 1.165) is 6.54 Å². The molecule has 0 aromatic heterocycles. The van der Waals surface area contributed by atoms with Crippen molar-refractivity contribution in [1.29, 1.82) is 0 Å². The van der Waals surface area contributed by atoms with Gasteiger partial charge in [0, 0.05) is 7.11 Å². The highest BCUT2D eigenvalue weighted by atomic mass is 16.5. The molecule has 1 saturated carbocycles. The molecular formula is C6H13NO. The van der Waals surface area contributed by atoms with Crippen LogP contribution in [0.4, 0.5) is 0 Å². The lowest BCUT2D eigenvalue weighted by Crippen LogP contribution is -2.38. The van der Waals surface area contributed by atoms with Gasteiger partial charge in [0.1, 0.15) is 0 Å². The fourth-order valence-corrected chi connectivity index (χ4v) is 1.12. The number of methoxy groups -OCH3 is 1. The Hall–Kier alpha value is -0.0800. The lowest BCUT2D eigenvalue weighted by Gasteiger charge is -2.34. The lowest BCUT2D eigenvalue weighted by atomic mass is 9.82. The Kier molecular flexibility index (Phi) is 1.86. The minimum atomic E-state index is 0.472. The van der Waals surface area contributed by atoms with Crippen molar-refractivity contribution in [3.63, 3.8) is 0 Å². The Morgan fingerprint density at radius 2 is 2.38 bits per heavy atom. The second kappa shape index (κ2) is 2.46. The van der Waals surface area contributed by atoms with E-state index < -0.39 is 0 Å². The molecule has 1 fully saturated rings. The van der Waals surface area contributed by atoms with Gasteiger partial charge in [-0.15, -0.1) is 0 Å². The Morgan fingerprint density at radius 1 is 1.62 bits per heavy atom. The van der Waals surface area contributed by atoms with Crippen molar-refractivity contribution in [3.05, 3.63) is 0 Å². The van der Waals surface area contributed by atoms with Gasteiger partial charge in [-0.1, -0.05) is 0 Å². The third-order valence-corrected chi connectivity index (χ3v) is 1.95. The minimum absolute atomic E-state index is 0.472. The molecule has 0 bridgehead atoms. The molecule has 1 rings (SSSR count). The van der Waals surface area contributed by atoms with Crippen molar-refractivity contribution in [1.82, 2.24) is 0 Å². The van der Waals surface area contributed by atoms with Crippen LogP contribution in [0.1, 0.15) is 12.8 Å². The number of rotatable bonds is 2.